The standard InChI is InChI=1S/C20H26N6O/c1-13-14(2)21-19(25(3)4)23-17(13)26-11-9-20(10-12-26)18(27)22-15-7-5-6-8-16(15)24-20/h5-8,24H,9-12H2,1-4H3,(H,22,27). The van der Waals surface area contributed by atoms with Gasteiger partial charge in [-0.3, -0.25) is 4.79 Å². The molecule has 0 radical (unpaired) electrons. The first-order valence-electron chi connectivity index (χ1n) is 9.36. The van der Waals surface area contributed by atoms with Crippen molar-refractivity contribution in [3.63, 3.8) is 0 Å². The maximum absolute atomic E-state index is 12.8. The van der Waals surface area contributed by atoms with Gasteiger partial charge in [0.25, 0.3) is 0 Å². The van der Waals surface area contributed by atoms with Gasteiger partial charge in [-0.05, 0) is 38.8 Å². The number of aryl methyl sites for hydroxylation is 1. The summed E-state index contributed by atoms with van der Waals surface area (Å²) in [7, 11) is 3.90. The molecule has 0 aliphatic carbocycles. The Morgan fingerprint density at radius 2 is 1.74 bits per heavy atom. The van der Waals surface area contributed by atoms with Gasteiger partial charge in [0.2, 0.25) is 11.9 Å². The minimum absolute atomic E-state index is 0.0606. The highest BCUT2D eigenvalue weighted by atomic mass is 16.2. The highest BCUT2D eigenvalue weighted by Crippen LogP contribution is 2.37. The molecule has 2 aromatic rings. The summed E-state index contributed by atoms with van der Waals surface area (Å²) in [5, 5.41) is 6.58. The van der Waals surface area contributed by atoms with E-state index in [1.54, 1.807) is 0 Å². The van der Waals surface area contributed by atoms with Crippen LogP contribution in [-0.4, -0.2) is 48.6 Å². The summed E-state index contributed by atoms with van der Waals surface area (Å²) >= 11 is 0. The van der Waals surface area contributed by atoms with Gasteiger partial charge in [0.1, 0.15) is 11.4 Å². The summed E-state index contributed by atoms with van der Waals surface area (Å²) in [5.41, 5.74) is 3.39. The number of nitrogens with one attached hydrogen (secondary N) is 2. The van der Waals surface area contributed by atoms with Crippen LogP contribution in [0.5, 0.6) is 0 Å². The molecule has 1 amide bonds. The quantitative estimate of drug-likeness (QED) is 0.851. The Morgan fingerprint density at radius 1 is 1.07 bits per heavy atom. The number of anilines is 4. The lowest BCUT2D eigenvalue weighted by Gasteiger charge is -2.45. The van der Waals surface area contributed by atoms with Gasteiger partial charge in [-0.15, -0.1) is 0 Å². The van der Waals surface area contributed by atoms with Crippen molar-refractivity contribution in [2.45, 2.75) is 32.2 Å². The van der Waals surface area contributed by atoms with Crippen LogP contribution >= 0.6 is 0 Å². The average molecular weight is 366 g/mol. The van der Waals surface area contributed by atoms with Crippen molar-refractivity contribution in [3.05, 3.63) is 35.5 Å². The minimum atomic E-state index is -0.550. The van der Waals surface area contributed by atoms with Crippen molar-refractivity contribution in [1.82, 2.24) is 9.97 Å². The molecule has 1 aromatic carbocycles. The summed E-state index contributed by atoms with van der Waals surface area (Å²) in [6, 6.07) is 7.87. The van der Waals surface area contributed by atoms with E-state index < -0.39 is 5.54 Å². The number of nitrogens with zero attached hydrogens (tertiary/aromatic N) is 4. The molecule has 0 atom stereocenters. The third-order valence-corrected chi connectivity index (χ3v) is 5.65. The largest absolute Gasteiger partial charge is 0.369 e. The van der Waals surface area contributed by atoms with Gasteiger partial charge in [-0.25, -0.2) is 4.98 Å². The van der Waals surface area contributed by atoms with E-state index in [9.17, 15) is 4.79 Å². The molecule has 1 spiro atoms. The molecule has 1 aromatic heterocycles. The number of rotatable bonds is 2. The molecule has 3 heterocycles. The van der Waals surface area contributed by atoms with Gasteiger partial charge in [0.15, 0.2) is 0 Å². The smallest absolute Gasteiger partial charge is 0.250 e. The first-order valence-corrected chi connectivity index (χ1v) is 9.36. The summed E-state index contributed by atoms with van der Waals surface area (Å²) in [6.45, 7) is 5.63. The van der Waals surface area contributed by atoms with Gasteiger partial charge in [-0.2, -0.15) is 4.98 Å². The van der Waals surface area contributed by atoms with E-state index in [1.165, 1.54) is 0 Å². The fourth-order valence-electron chi connectivity index (χ4n) is 3.82. The minimum Gasteiger partial charge on any atom is -0.369 e. The number of hydrogen-bond donors (Lipinski definition) is 2. The molecule has 27 heavy (non-hydrogen) atoms. The molecular weight excluding hydrogens is 340 g/mol. The third kappa shape index (κ3) is 2.97. The van der Waals surface area contributed by atoms with E-state index in [-0.39, 0.29) is 5.91 Å². The molecule has 1 fully saturated rings. The fraction of sp³-hybridized carbons (Fsp3) is 0.450. The lowest BCUT2D eigenvalue weighted by Crippen LogP contribution is -2.58. The fourth-order valence-corrected chi connectivity index (χ4v) is 3.82. The van der Waals surface area contributed by atoms with Crippen LogP contribution in [-0.2, 0) is 4.79 Å². The van der Waals surface area contributed by atoms with Crippen molar-refractivity contribution in [2.24, 2.45) is 0 Å². The predicted octanol–water partition coefficient (Wildman–Crippen LogP) is 2.56. The lowest BCUT2D eigenvalue weighted by molar-refractivity contribution is -0.121. The zero-order valence-electron chi connectivity index (χ0n) is 16.3. The normalized spacial score (nSPS) is 17.9. The van der Waals surface area contributed by atoms with E-state index in [0.29, 0.717) is 0 Å². The van der Waals surface area contributed by atoms with Crippen molar-refractivity contribution < 1.29 is 4.79 Å². The maximum Gasteiger partial charge on any atom is 0.250 e. The Kier molecular flexibility index (Phi) is 4.17. The van der Waals surface area contributed by atoms with Gasteiger partial charge >= 0.3 is 0 Å². The van der Waals surface area contributed by atoms with E-state index in [2.05, 4.69) is 27.4 Å². The molecule has 2 aliphatic rings. The van der Waals surface area contributed by atoms with Crippen LogP contribution < -0.4 is 20.4 Å². The SMILES string of the molecule is Cc1nc(N(C)C)nc(N2CCC3(CC2)Nc2ccccc2NC3=O)c1C. The van der Waals surface area contributed by atoms with Crippen LogP contribution in [0.2, 0.25) is 0 Å². The number of fused-ring (bicyclic) bond motifs is 1. The maximum atomic E-state index is 12.8. The highest BCUT2D eigenvalue weighted by molar-refractivity contribution is 6.06. The average Bonchev–Trinajstić information content (AvgIpc) is 2.65. The summed E-state index contributed by atoms with van der Waals surface area (Å²) in [4.78, 5) is 26.3. The predicted molar refractivity (Wildman–Crippen MR) is 109 cm³/mol. The molecule has 0 saturated carbocycles. The topological polar surface area (TPSA) is 73.4 Å². The second-order valence-corrected chi connectivity index (χ2v) is 7.65. The van der Waals surface area contributed by atoms with Crippen molar-refractivity contribution in [1.29, 1.82) is 0 Å². The number of para-hydroxylation sites is 2. The molecule has 2 aliphatic heterocycles. The number of carbonyl (C=O) groups is 1. The number of piperidine rings is 1. The summed E-state index contributed by atoms with van der Waals surface area (Å²) in [6.07, 6.45) is 1.46. The van der Waals surface area contributed by atoms with Crippen LogP contribution in [0.1, 0.15) is 24.1 Å². The molecule has 1 saturated heterocycles. The van der Waals surface area contributed by atoms with Crippen LogP contribution in [0.4, 0.5) is 23.1 Å². The van der Waals surface area contributed by atoms with E-state index >= 15 is 0 Å². The third-order valence-electron chi connectivity index (χ3n) is 5.65. The monoisotopic (exact) mass is 366 g/mol. The van der Waals surface area contributed by atoms with Gasteiger partial charge in [0, 0.05) is 38.4 Å². The molecule has 0 bridgehead atoms. The lowest BCUT2D eigenvalue weighted by atomic mass is 9.84. The highest BCUT2D eigenvalue weighted by Gasteiger charge is 2.44. The Bertz CT molecular complexity index is 886. The molecule has 4 rings (SSSR count). The Morgan fingerprint density at radius 3 is 2.41 bits per heavy atom. The Labute approximate surface area is 159 Å². The van der Waals surface area contributed by atoms with Crippen LogP contribution in [0.3, 0.4) is 0 Å². The zero-order chi connectivity index (χ0) is 19.2. The first-order chi connectivity index (χ1) is 12.9. The Hall–Kier alpha value is -2.83. The van der Waals surface area contributed by atoms with E-state index in [4.69, 9.17) is 4.98 Å². The van der Waals surface area contributed by atoms with Crippen LogP contribution in [0.15, 0.2) is 24.3 Å². The summed E-state index contributed by atoms with van der Waals surface area (Å²) < 4.78 is 0. The molecular formula is C20H26N6O. The van der Waals surface area contributed by atoms with Crippen LogP contribution in [0, 0.1) is 13.8 Å². The number of carbonyl (C=O) groups excluding carboxylic acids is 1. The number of amides is 1. The van der Waals surface area contributed by atoms with E-state index in [1.807, 2.05) is 50.2 Å². The number of benzene rings is 1. The van der Waals surface area contributed by atoms with Crippen molar-refractivity contribution in [2.75, 3.05) is 47.6 Å². The van der Waals surface area contributed by atoms with Crippen molar-refractivity contribution >= 4 is 29.0 Å². The molecule has 2 N–H and O–H groups in total. The zero-order valence-corrected chi connectivity index (χ0v) is 16.3. The molecule has 7 nitrogen and oxygen atoms in total. The van der Waals surface area contributed by atoms with Gasteiger partial charge in [-0.1, -0.05) is 12.1 Å². The molecule has 7 heteroatoms. The molecule has 142 valence electrons. The van der Waals surface area contributed by atoms with Gasteiger partial charge < -0.3 is 20.4 Å². The second-order valence-electron chi connectivity index (χ2n) is 7.65. The van der Waals surface area contributed by atoms with Gasteiger partial charge in [0.05, 0.1) is 11.4 Å². The second kappa shape index (κ2) is 6.40. The Balaban J connectivity index is 1.57. The number of hydrogen-bond acceptors (Lipinski definition) is 6. The van der Waals surface area contributed by atoms with Crippen LogP contribution in [0.25, 0.3) is 0 Å². The molecule has 0 unspecified atom stereocenters. The number of aromatic nitrogens is 2. The summed E-state index contributed by atoms with van der Waals surface area (Å²) in [5.74, 6) is 1.75. The first kappa shape index (κ1) is 17.6. The van der Waals surface area contributed by atoms with Crippen molar-refractivity contribution in [3.8, 4) is 0 Å². The van der Waals surface area contributed by atoms with E-state index in [0.717, 1.165) is 60.3 Å².